The average Bonchev–Trinajstić information content (AvgIpc) is 3.18. The Labute approximate surface area is 141 Å². The van der Waals surface area contributed by atoms with E-state index in [-0.39, 0.29) is 10.6 Å². The molecule has 23 heavy (non-hydrogen) atoms. The number of halogens is 2. The summed E-state index contributed by atoms with van der Waals surface area (Å²) >= 11 is 7.48. The van der Waals surface area contributed by atoms with Gasteiger partial charge in [0, 0.05) is 12.7 Å². The first kappa shape index (κ1) is 15.7. The zero-order valence-electron chi connectivity index (χ0n) is 12.0. The first-order chi connectivity index (χ1) is 11.1. The molecular formula is C16H13ClFN3OS. The summed E-state index contributed by atoms with van der Waals surface area (Å²) in [6.45, 7) is 0.818. The first-order valence-corrected chi connectivity index (χ1v) is 8.20. The Hall–Kier alpha value is -2.18. The number of aromatic nitrogens is 2. The Balaban J connectivity index is 1.58. The van der Waals surface area contributed by atoms with Gasteiger partial charge in [-0.3, -0.25) is 9.48 Å². The fraction of sp³-hybridized carbons (Fsp3) is 0.125. The van der Waals surface area contributed by atoms with Crippen LogP contribution in [0.4, 0.5) is 4.39 Å². The molecular weight excluding hydrogens is 337 g/mol. The molecule has 0 fully saturated rings. The molecule has 1 aromatic carbocycles. The van der Waals surface area contributed by atoms with Gasteiger partial charge in [0.1, 0.15) is 11.5 Å². The molecule has 7 heteroatoms. The Morgan fingerprint density at radius 2 is 2.17 bits per heavy atom. The number of nitrogens with one attached hydrogen (secondary N) is 1. The molecule has 0 aliphatic carbocycles. The highest BCUT2D eigenvalue weighted by atomic mass is 35.5. The third kappa shape index (κ3) is 3.60. The molecule has 3 rings (SSSR count). The Bertz CT molecular complexity index is 796. The van der Waals surface area contributed by atoms with Gasteiger partial charge in [0.2, 0.25) is 0 Å². The second kappa shape index (κ2) is 6.93. The van der Waals surface area contributed by atoms with Gasteiger partial charge in [-0.2, -0.15) is 5.10 Å². The smallest absolute Gasteiger partial charge is 0.255 e. The van der Waals surface area contributed by atoms with Crippen LogP contribution in [0.3, 0.4) is 0 Å². The van der Waals surface area contributed by atoms with Gasteiger partial charge in [0.25, 0.3) is 5.91 Å². The lowest BCUT2D eigenvalue weighted by Crippen LogP contribution is -2.28. The van der Waals surface area contributed by atoms with Crippen molar-refractivity contribution in [2.75, 3.05) is 6.54 Å². The number of benzene rings is 1. The molecule has 0 radical (unpaired) electrons. The Morgan fingerprint density at radius 3 is 2.91 bits per heavy atom. The highest BCUT2D eigenvalue weighted by Crippen LogP contribution is 2.22. The van der Waals surface area contributed by atoms with Gasteiger partial charge in [0.05, 0.1) is 22.0 Å². The van der Waals surface area contributed by atoms with Crippen LogP contribution in [-0.4, -0.2) is 22.2 Å². The summed E-state index contributed by atoms with van der Waals surface area (Å²) in [4.78, 5) is 13.1. The minimum absolute atomic E-state index is 0.0987. The summed E-state index contributed by atoms with van der Waals surface area (Å²) in [5.41, 5.74) is 0.761. The minimum atomic E-state index is -0.630. The summed E-state index contributed by atoms with van der Waals surface area (Å²) in [7, 11) is 0. The molecule has 3 aromatic rings. The Morgan fingerprint density at radius 1 is 1.30 bits per heavy atom. The molecule has 0 aliphatic rings. The summed E-state index contributed by atoms with van der Waals surface area (Å²) in [5.74, 6) is -1.16. The van der Waals surface area contributed by atoms with Crippen LogP contribution in [0.1, 0.15) is 10.4 Å². The molecule has 4 nitrogen and oxygen atoms in total. The van der Waals surface area contributed by atoms with Crippen molar-refractivity contribution in [1.29, 1.82) is 0 Å². The normalized spacial score (nSPS) is 10.7. The summed E-state index contributed by atoms with van der Waals surface area (Å²) in [5, 5.41) is 9.18. The third-order valence-electron chi connectivity index (χ3n) is 3.23. The largest absolute Gasteiger partial charge is 0.350 e. The van der Waals surface area contributed by atoms with Crippen LogP contribution in [0.25, 0.3) is 10.6 Å². The van der Waals surface area contributed by atoms with Crippen molar-refractivity contribution in [2.24, 2.45) is 0 Å². The number of hydrogen-bond donors (Lipinski definition) is 1. The van der Waals surface area contributed by atoms with E-state index in [2.05, 4.69) is 10.4 Å². The van der Waals surface area contributed by atoms with Crippen molar-refractivity contribution in [1.82, 2.24) is 15.1 Å². The van der Waals surface area contributed by atoms with Crippen LogP contribution in [0, 0.1) is 5.82 Å². The lowest BCUT2D eigenvalue weighted by Gasteiger charge is -2.07. The zero-order valence-corrected chi connectivity index (χ0v) is 13.6. The van der Waals surface area contributed by atoms with Gasteiger partial charge in [0.15, 0.2) is 0 Å². The number of nitrogens with zero attached hydrogens (tertiary/aromatic N) is 2. The van der Waals surface area contributed by atoms with E-state index in [1.165, 1.54) is 18.2 Å². The number of amides is 1. The number of hydrogen-bond acceptors (Lipinski definition) is 3. The average molecular weight is 350 g/mol. The lowest BCUT2D eigenvalue weighted by molar-refractivity contribution is 0.0948. The van der Waals surface area contributed by atoms with Crippen molar-refractivity contribution in [3.05, 3.63) is 64.4 Å². The molecule has 1 amide bonds. The summed E-state index contributed by atoms with van der Waals surface area (Å²) in [6, 6.07) is 10.0. The first-order valence-electron chi connectivity index (χ1n) is 6.94. The van der Waals surface area contributed by atoms with Gasteiger partial charge in [-0.1, -0.05) is 23.7 Å². The van der Waals surface area contributed by atoms with E-state index < -0.39 is 11.7 Å². The van der Waals surface area contributed by atoms with Gasteiger partial charge in [-0.25, -0.2) is 4.39 Å². The molecule has 0 atom stereocenters. The third-order valence-corrected chi connectivity index (χ3v) is 4.44. The van der Waals surface area contributed by atoms with Gasteiger partial charge in [-0.05, 0) is 29.6 Å². The van der Waals surface area contributed by atoms with Gasteiger partial charge in [-0.15, -0.1) is 11.3 Å². The predicted octanol–water partition coefficient (Wildman–Crippen LogP) is 3.83. The molecule has 118 valence electrons. The van der Waals surface area contributed by atoms with Crippen LogP contribution in [-0.2, 0) is 6.54 Å². The van der Waals surface area contributed by atoms with E-state index in [0.29, 0.717) is 13.1 Å². The SMILES string of the molecule is O=C(NCCn1ccc(-c2cccs2)n1)c1c(F)cccc1Cl. The van der Waals surface area contributed by atoms with Crippen molar-refractivity contribution in [3.8, 4) is 10.6 Å². The predicted molar refractivity (Wildman–Crippen MR) is 89.3 cm³/mol. The topological polar surface area (TPSA) is 46.9 Å². The number of rotatable bonds is 5. The van der Waals surface area contributed by atoms with Crippen LogP contribution < -0.4 is 5.32 Å². The second-order valence-corrected chi connectivity index (χ2v) is 6.15. The molecule has 0 aliphatic heterocycles. The van der Waals surface area contributed by atoms with E-state index in [4.69, 9.17) is 11.6 Å². The fourth-order valence-corrected chi connectivity index (χ4v) is 3.07. The molecule has 0 saturated heterocycles. The van der Waals surface area contributed by atoms with Gasteiger partial charge >= 0.3 is 0 Å². The number of carbonyl (C=O) groups excluding carboxylic acids is 1. The maximum atomic E-state index is 13.6. The van der Waals surface area contributed by atoms with Crippen LogP contribution in [0.5, 0.6) is 0 Å². The lowest BCUT2D eigenvalue weighted by atomic mass is 10.2. The maximum Gasteiger partial charge on any atom is 0.255 e. The molecule has 2 heterocycles. The van der Waals surface area contributed by atoms with Crippen molar-refractivity contribution in [3.63, 3.8) is 0 Å². The number of carbonyl (C=O) groups is 1. The highest BCUT2D eigenvalue weighted by Gasteiger charge is 2.15. The molecule has 0 bridgehead atoms. The van der Waals surface area contributed by atoms with Gasteiger partial charge < -0.3 is 5.32 Å². The monoisotopic (exact) mass is 349 g/mol. The minimum Gasteiger partial charge on any atom is -0.350 e. The van der Waals surface area contributed by atoms with E-state index in [1.54, 1.807) is 16.0 Å². The second-order valence-electron chi connectivity index (χ2n) is 4.79. The molecule has 2 aromatic heterocycles. The van der Waals surface area contributed by atoms with E-state index in [0.717, 1.165) is 10.6 Å². The van der Waals surface area contributed by atoms with E-state index in [9.17, 15) is 9.18 Å². The van der Waals surface area contributed by atoms with Crippen LogP contribution in [0.2, 0.25) is 5.02 Å². The highest BCUT2D eigenvalue weighted by molar-refractivity contribution is 7.13. The van der Waals surface area contributed by atoms with E-state index in [1.807, 2.05) is 29.8 Å². The molecule has 0 unspecified atom stereocenters. The zero-order chi connectivity index (χ0) is 16.2. The standard InChI is InChI=1S/C16H13ClFN3OS/c17-11-3-1-4-12(18)15(11)16(22)19-7-9-21-8-6-13(20-21)14-5-2-10-23-14/h1-6,8,10H,7,9H2,(H,19,22). The molecule has 1 N–H and O–H groups in total. The Kier molecular flexibility index (Phi) is 4.73. The molecule has 0 saturated carbocycles. The number of thiophene rings is 1. The quantitative estimate of drug-likeness (QED) is 0.760. The van der Waals surface area contributed by atoms with Crippen LogP contribution >= 0.6 is 22.9 Å². The van der Waals surface area contributed by atoms with Crippen LogP contribution in [0.15, 0.2) is 48.0 Å². The van der Waals surface area contributed by atoms with E-state index >= 15 is 0 Å². The molecule has 0 spiro atoms. The van der Waals surface area contributed by atoms with Crippen molar-refractivity contribution in [2.45, 2.75) is 6.54 Å². The fourth-order valence-electron chi connectivity index (χ4n) is 2.13. The summed E-state index contributed by atoms with van der Waals surface area (Å²) in [6.07, 6.45) is 1.84. The summed E-state index contributed by atoms with van der Waals surface area (Å²) < 4.78 is 15.4. The maximum absolute atomic E-state index is 13.6. The van der Waals surface area contributed by atoms with Crippen molar-refractivity contribution >= 4 is 28.8 Å². The van der Waals surface area contributed by atoms with Crippen molar-refractivity contribution < 1.29 is 9.18 Å².